The molecular formula is C35H39N3O6. The first-order chi connectivity index (χ1) is 21.5. The molecule has 230 valence electrons. The highest BCUT2D eigenvalue weighted by Gasteiger charge is 2.56. The predicted octanol–water partition coefficient (Wildman–Crippen LogP) is 4.05. The van der Waals surface area contributed by atoms with Crippen molar-refractivity contribution in [1.29, 1.82) is 0 Å². The number of amides is 2. The molecule has 2 amide bonds. The lowest BCUT2D eigenvalue weighted by molar-refractivity contribution is -0.143. The molecule has 2 aliphatic heterocycles. The van der Waals surface area contributed by atoms with Gasteiger partial charge in [0.25, 0.3) is 5.91 Å². The fourth-order valence-corrected chi connectivity index (χ4v) is 5.63. The Morgan fingerprint density at radius 3 is 2.36 bits per heavy atom. The summed E-state index contributed by atoms with van der Waals surface area (Å²) in [7, 11) is 0. The van der Waals surface area contributed by atoms with E-state index >= 15 is 0 Å². The van der Waals surface area contributed by atoms with Crippen LogP contribution in [0, 0.1) is 0 Å². The summed E-state index contributed by atoms with van der Waals surface area (Å²) in [5, 5.41) is 2.87. The smallest absolute Gasteiger partial charge is 0.256 e. The molecule has 0 radical (unpaired) electrons. The van der Waals surface area contributed by atoms with Crippen molar-refractivity contribution in [3.63, 3.8) is 0 Å². The first kappa shape index (κ1) is 31.1. The van der Waals surface area contributed by atoms with Crippen molar-refractivity contribution in [3.8, 4) is 0 Å². The molecule has 3 aromatic carbocycles. The van der Waals surface area contributed by atoms with Crippen LogP contribution in [0.4, 0.5) is 0 Å². The molecule has 2 heterocycles. The number of hydrogen-bond donors (Lipinski definition) is 1. The third-order valence-electron chi connectivity index (χ3n) is 7.75. The highest BCUT2D eigenvalue weighted by atomic mass is 16.5. The van der Waals surface area contributed by atoms with E-state index in [1.54, 1.807) is 11.8 Å². The summed E-state index contributed by atoms with van der Waals surface area (Å²) in [5.74, 6) is 0.0428. The summed E-state index contributed by atoms with van der Waals surface area (Å²) in [5.41, 5.74) is 2.28. The third kappa shape index (κ3) is 7.59. The number of ketones is 1. The van der Waals surface area contributed by atoms with Crippen molar-refractivity contribution in [2.45, 2.75) is 44.4 Å². The summed E-state index contributed by atoms with van der Waals surface area (Å²) in [6.07, 6.45) is 0.890. The molecule has 2 atom stereocenters. The fraction of sp³-hybridized carbons (Fsp3) is 0.371. The lowest BCUT2D eigenvalue weighted by Crippen LogP contribution is -2.52. The van der Waals surface area contributed by atoms with Crippen molar-refractivity contribution in [2.75, 3.05) is 39.5 Å². The average Bonchev–Trinajstić information content (AvgIpc) is 3.38. The van der Waals surface area contributed by atoms with Gasteiger partial charge in [-0.3, -0.25) is 9.59 Å². The molecule has 0 saturated carbocycles. The highest BCUT2D eigenvalue weighted by Crippen LogP contribution is 2.46. The van der Waals surface area contributed by atoms with E-state index in [1.165, 1.54) is 0 Å². The van der Waals surface area contributed by atoms with Gasteiger partial charge in [-0.1, -0.05) is 72.8 Å². The summed E-state index contributed by atoms with van der Waals surface area (Å²) < 4.78 is 17.6. The van der Waals surface area contributed by atoms with Crippen LogP contribution in [0.25, 0.3) is 0 Å². The topological polar surface area (TPSA) is 107 Å². The Kier molecular flexibility index (Phi) is 10.5. The third-order valence-corrected chi connectivity index (χ3v) is 7.75. The van der Waals surface area contributed by atoms with Gasteiger partial charge in [0, 0.05) is 43.7 Å². The number of carbonyl (C=O) groups is 3. The predicted molar refractivity (Wildman–Crippen MR) is 166 cm³/mol. The van der Waals surface area contributed by atoms with Crippen LogP contribution >= 0.6 is 0 Å². The minimum absolute atomic E-state index is 0.119. The van der Waals surface area contributed by atoms with Crippen LogP contribution in [0.3, 0.4) is 0 Å². The molecule has 0 saturated heterocycles. The Morgan fingerprint density at radius 1 is 0.932 bits per heavy atom. The standard InChI is InChI=1S/C35H39N3O6/c1-26(39)11-10-19-42-21-22-43-20-18-36-31(40)25-38-24-29-16-8-9-17-30(29)32-35(34(38)41,23-27-12-4-2-5-13-27)37-33(44-32)28-14-6-3-7-15-28/h2-9,12-17,32H,10-11,18-25H2,1H3,(H,36,40)/t32-,35-/m0/s1. The van der Waals surface area contributed by atoms with E-state index in [2.05, 4.69) is 5.32 Å². The molecule has 2 aliphatic rings. The molecule has 0 aromatic heterocycles. The Bertz CT molecular complexity index is 1460. The first-order valence-corrected chi connectivity index (χ1v) is 15.1. The van der Waals surface area contributed by atoms with Crippen LogP contribution < -0.4 is 5.32 Å². The lowest BCUT2D eigenvalue weighted by atomic mass is 9.81. The van der Waals surface area contributed by atoms with Gasteiger partial charge in [-0.15, -0.1) is 0 Å². The number of benzene rings is 3. The number of rotatable bonds is 15. The van der Waals surface area contributed by atoms with Gasteiger partial charge < -0.3 is 29.2 Å². The largest absolute Gasteiger partial charge is 0.466 e. The Morgan fingerprint density at radius 2 is 1.61 bits per heavy atom. The highest BCUT2D eigenvalue weighted by molar-refractivity contribution is 6.02. The van der Waals surface area contributed by atoms with Gasteiger partial charge >= 0.3 is 0 Å². The van der Waals surface area contributed by atoms with E-state index in [0.717, 1.165) is 22.3 Å². The van der Waals surface area contributed by atoms with Gasteiger partial charge in [0.2, 0.25) is 11.8 Å². The lowest BCUT2D eigenvalue weighted by Gasteiger charge is -2.32. The Hall–Kier alpha value is -4.34. The van der Waals surface area contributed by atoms with Crippen LogP contribution in [0.5, 0.6) is 0 Å². The zero-order valence-corrected chi connectivity index (χ0v) is 25.1. The van der Waals surface area contributed by atoms with Crippen molar-refractivity contribution >= 4 is 23.5 Å². The van der Waals surface area contributed by atoms with Crippen LogP contribution in [0.2, 0.25) is 0 Å². The van der Waals surface area contributed by atoms with Gasteiger partial charge in [0.15, 0.2) is 11.6 Å². The molecule has 0 aliphatic carbocycles. The number of aliphatic imine (C=N–C) groups is 1. The van der Waals surface area contributed by atoms with Crippen molar-refractivity contribution in [3.05, 3.63) is 107 Å². The average molecular weight is 598 g/mol. The van der Waals surface area contributed by atoms with E-state index in [0.29, 0.717) is 58.1 Å². The summed E-state index contributed by atoms with van der Waals surface area (Å²) in [4.78, 5) is 45.3. The number of Topliss-reactive ketones (excluding diaryl/α,β-unsaturated/α-hetero) is 1. The van der Waals surface area contributed by atoms with Crippen LogP contribution in [-0.4, -0.2) is 73.5 Å². The van der Waals surface area contributed by atoms with E-state index in [9.17, 15) is 14.4 Å². The van der Waals surface area contributed by atoms with Crippen LogP contribution in [-0.2, 0) is 41.6 Å². The second-order valence-electron chi connectivity index (χ2n) is 11.1. The zero-order valence-electron chi connectivity index (χ0n) is 25.1. The molecule has 5 rings (SSSR count). The van der Waals surface area contributed by atoms with Crippen molar-refractivity contribution in [2.24, 2.45) is 4.99 Å². The number of ether oxygens (including phenoxy) is 3. The molecule has 1 N–H and O–H groups in total. The van der Waals surface area contributed by atoms with Gasteiger partial charge in [-0.25, -0.2) is 4.99 Å². The van der Waals surface area contributed by atoms with Gasteiger partial charge in [-0.05, 0) is 36.6 Å². The monoisotopic (exact) mass is 597 g/mol. The second-order valence-corrected chi connectivity index (χ2v) is 11.1. The van der Waals surface area contributed by atoms with Crippen LogP contribution in [0.15, 0.2) is 89.9 Å². The Balaban J connectivity index is 1.29. The van der Waals surface area contributed by atoms with E-state index < -0.39 is 11.6 Å². The first-order valence-electron chi connectivity index (χ1n) is 15.1. The Labute approximate surface area is 258 Å². The summed E-state index contributed by atoms with van der Waals surface area (Å²) >= 11 is 0. The normalized spacial score (nSPS) is 18.9. The van der Waals surface area contributed by atoms with Crippen LogP contribution in [0.1, 0.15) is 48.1 Å². The molecule has 0 unspecified atom stereocenters. The molecule has 3 aromatic rings. The summed E-state index contributed by atoms with van der Waals surface area (Å²) in [6, 6.07) is 27.3. The van der Waals surface area contributed by atoms with Gasteiger partial charge in [0.1, 0.15) is 5.78 Å². The van der Waals surface area contributed by atoms with Gasteiger partial charge in [-0.2, -0.15) is 0 Å². The molecule has 9 heteroatoms. The van der Waals surface area contributed by atoms with E-state index in [-0.39, 0.29) is 30.7 Å². The maximum absolute atomic E-state index is 14.6. The maximum Gasteiger partial charge on any atom is 0.256 e. The number of nitrogens with one attached hydrogen (secondary N) is 1. The minimum Gasteiger partial charge on any atom is -0.466 e. The molecule has 0 spiro atoms. The number of carbonyl (C=O) groups excluding carboxylic acids is 3. The van der Waals surface area contributed by atoms with Crippen molar-refractivity contribution in [1.82, 2.24) is 10.2 Å². The number of fused-ring (bicyclic) bond motifs is 3. The SMILES string of the molecule is CC(=O)CCCOCCOCCNC(=O)CN1Cc2ccccc2[C@@H]2OC(c3ccccc3)=N[C@]2(Cc2ccccc2)C1=O. The van der Waals surface area contributed by atoms with Crippen molar-refractivity contribution < 1.29 is 28.6 Å². The minimum atomic E-state index is -1.28. The molecular weight excluding hydrogens is 558 g/mol. The fourth-order valence-electron chi connectivity index (χ4n) is 5.63. The van der Waals surface area contributed by atoms with E-state index in [4.69, 9.17) is 19.2 Å². The van der Waals surface area contributed by atoms with Gasteiger partial charge in [0.05, 0.1) is 26.4 Å². The molecule has 44 heavy (non-hydrogen) atoms. The molecule has 9 nitrogen and oxygen atoms in total. The maximum atomic E-state index is 14.6. The molecule has 0 bridgehead atoms. The number of hydrogen-bond acceptors (Lipinski definition) is 7. The quantitative estimate of drug-likeness (QED) is 0.265. The summed E-state index contributed by atoms with van der Waals surface area (Å²) in [6.45, 7) is 3.67. The molecule has 0 fully saturated rings. The second kappa shape index (κ2) is 14.9. The van der Waals surface area contributed by atoms with E-state index in [1.807, 2.05) is 84.9 Å². The zero-order chi connectivity index (χ0) is 30.8. The number of nitrogens with zero attached hydrogens (tertiary/aromatic N) is 2.